The number of halogens is 2. The minimum atomic E-state index is -2.98. The van der Waals surface area contributed by atoms with Gasteiger partial charge in [-0.1, -0.05) is 38.7 Å². The van der Waals surface area contributed by atoms with Crippen LogP contribution in [-0.4, -0.2) is 18.3 Å². The second-order valence-corrected chi connectivity index (χ2v) is 4.41. The lowest BCUT2D eigenvalue weighted by Crippen LogP contribution is -2.13. The van der Waals surface area contributed by atoms with Crippen molar-refractivity contribution >= 4 is 9.24 Å². The third kappa shape index (κ3) is 5.61. The summed E-state index contributed by atoms with van der Waals surface area (Å²) in [5, 5.41) is 2.95. The molecule has 6 heteroatoms. The number of nitrogens with two attached hydrogens (primary N) is 1. The molecule has 18 heavy (non-hydrogen) atoms. The summed E-state index contributed by atoms with van der Waals surface area (Å²) in [4.78, 5) is 10.7. The lowest BCUT2D eigenvalue weighted by molar-refractivity contribution is 0.151. The van der Waals surface area contributed by atoms with E-state index in [-0.39, 0.29) is 5.57 Å². The third-order valence-corrected chi connectivity index (χ3v) is 2.77. The van der Waals surface area contributed by atoms with E-state index in [1.165, 1.54) is 34.4 Å². The number of rotatable bonds is 7. The molecular formula is C12H19F2N2OP. The lowest BCUT2D eigenvalue weighted by Gasteiger charge is -2.12. The number of allylic oxidation sites excluding steroid dienone is 4. The maximum absolute atomic E-state index is 13.1. The third-order valence-electron chi connectivity index (χ3n) is 2.44. The van der Waals surface area contributed by atoms with Gasteiger partial charge in [-0.15, -0.1) is 0 Å². The van der Waals surface area contributed by atoms with Gasteiger partial charge in [0.25, 0.3) is 5.66 Å². The highest BCUT2D eigenvalue weighted by Gasteiger charge is 2.24. The quantitative estimate of drug-likeness (QED) is 0.440. The van der Waals surface area contributed by atoms with Gasteiger partial charge < -0.3 is 5.73 Å². The van der Waals surface area contributed by atoms with Crippen molar-refractivity contribution in [1.82, 2.24) is 0 Å². The second kappa shape index (κ2) is 8.22. The van der Waals surface area contributed by atoms with Crippen LogP contribution in [0, 0.1) is 4.91 Å². The Morgan fingerprint density at radius 2 is 2.00 bits per heavy atom. The molecule has 0 rings (SSSR count). The molecule has 0 bridgehead atoms. The summed E-state index contributed by atoms with van der Waals surface area (Å²) in [6.45, 7) is 3.57. The fourth-order valence-corrected chi connectivity index (χ4v) is 1.69. The van der Waals surface area contributed by atoms with Crippen LogP contribution in [0.3, 0.4) is 0 Å². The van der Waals surface area contributed by atoms with Crippen molar-refractivity contribution in [2.75, 3.05) is 6.54 Å². The van der Waals surface area contributed by atoms with Crippen LogP contribution in [-0.2, 0) is 0 Å². The first-order valence-corrected chi connectivity index (χ1v) is 6.18. The Labute approximate surface area is 108 Å². The monoisotopic (exact) mass is 276 g/mol. The first kappa shape index (κ1) is 17.1. The van der Waals surface area contributed by atoms with Gasteiger partial charge in [0.05, 0.1) is 0 Å². The van der Waals surface area contributed by atoms with Crippen LogP contribution in [0.15, 0.2) is 40.6 Å². The number of nitrogens with zero attached hydrogens (tertiary/aromatic N) is 1. The zero-order chi connectivity index (χ0) is 14.2. The van der Waals surface area contributed by atoms with Gasteiger partial charge in [0.15, 0.2) is 0 Å². The average molecular weight is 276 g/mol. The van der Waals surface area contributed by atoms with E-state index in [2.05, 4.69) is 5.18 Å². The molecule has 102 valence electrons. The lowest BCUT2D eigenvalue weighted by atomic mass is 10.0. The fraction of sp³-hybridized carbons (Fsp3) is 0.500. The van der Waals surface area contributed by atoms with E-state index < -0.39 is 11.7 Å². The van der Waals surface area contributed by atoms with E-state index in [1.807, 2.05) is 0 Å². The highest BCUT2D eigenvalue weighted by Crippen LogP contribution is 2.32. The van der Waals surface area contributed by atoms with Gasteiger partial charge in [-0.2, -0.15) is 13.7 Å². The minimum absolute atomic E-state index is 0.135. The molecule has 0 aromatic heterocycles. The van der Waals surface area contributed by atoms with Gasteiger partial charge >= 0.3 is 0 Å². The molecular weight excluding hydrogens is 257 g/mol. The second-order valence-electron chi connectivity index (χ2n) is 3.69. The summed E-state index contributed by atoms with van der Waals surface area (Å²) in [6.07, 6.45) is 6.16. The zero-order valence-corrected chi connectivity index (χ0v) is 11.7. The number of alkyl halides is 2. The minimum Gasteiger partial charge on any atom is -0.330 e. The molecule has 2 atom stereocenters. The summed E-state index contributed by atoms with van der Waals surface area (Å²) in [6, 6.07) is -0.590. The van der Waals surface area contributed by atoms with E-state index in [9.17, 15) is 13.7 Å². The van der Waals surface area contributed by atoms with E-state index in [0.717, 1.165) is 0 Å². The molecule has 3 nitrogen and oxygen atoms in total. The van der Waals surface area contributed by atoms with E-state index in [0.29, 0.717) is 18.5 Å². The Bertz CT molecular complexity index is 360. The molecule has 0 saturated heterocycles. The normalized spacial score (nSPS) is 16.1. The first-order valence-electron chi connectivity index (χ1n) is 5.61. The van der Waals surface area contributed by atoms with Crippen LogP contribution in [0.25, 0.3) is 0 Å². The highest BCUT2D eigenvalue weighted by atomic mass is 31.0. The SMILES string of the molecule is C\C=C(/C=C\C(=C/C)C(F)(F)P)C(CCN)N=O. The molecule has 0 spiro atoms. The first-order chi connectivity index (χ1) is 8.40. The van der Waals surface area contributed by atoms with Crippen LogP contribution in [0.4, 0.5) is 8.78 Å². The Balaban J connectivity index is 4.99. The van der Waals surface area contributed by atoms with Crippen molar-refractivity contribution in [1.29, 1.82) is 0 Å². The van der Waals surface area contributed by atoms with Gasteiger partial charge in [-0.3, -0.25) is 0 Å². The Kier molecular flexibility index (Phi) is 7.80. The van der Waals surface area contributed by atoms with Crippen molar-refractivity contribution in [2.24, 2.45) is 10.9 Å². The smallest absolute Gasteiger partial charge is 0.283 e. The van der Waals surface area contributed by atoms with Crippen molar-refractivity contribution in [3.8, 4) is 0 Å². The number of hydrogen-bond donors (Lipinski definition) is 1. The molecule has 0 aromatic rings. The molecule has 0 aromatic carbocycles. The van der Waals surface area contributed by atoms with Crippen molar-refractivity contribution in [3.63, 3.8) is 0 Å². The summed E-state index contributed by atoms with van der Waals surface area (Å²) < 4.78 is 26.2. The van der Waals surface area contributed by atoms with Crippen LogP contribution >= 0.6 is 9.24 Å². The van der Waals surface area contributed by atoms with Crippen molar-refractivity contribution in [3.05, 3.63) is 40.4 Å². The summed E-state index contributed by atoms with van der Waals surface area (Å²) >= 11 is 0. The Morgan fingerprint density at radius 3 is 2.33 bits per heavy atom. The van der Waals surface area contributed by atoms with E-state index >= 15 is 0 Å². The van der Waals surface area contributed by atoms with Crippen LogP contribution in [0.2, 0.25) is 0 Å². The van der Waals surface area contributed by atoms with Crippen LogP contribution in [0.1, 0.15) is 20.3 Å². The Morgan fingerprint density at radius 1 is 1.39 bits per heavy atom. The largest absolute Gasteiger partial charge is 0.330 e. The van der Waals surface area contributed by atoms with Crippen LogP contribution < -0.4 is 5.73 Å². The highest BCUT2D eigenvalue weighted by molar-refractivity contribution is 7.18. The average Bonchev–Trinajstić information content (AvgIpc) is 2.31. The van der Waals surface area contributed by atoms with Gasteiger partial charge in [0.1, 0.15) is 6.04 Å². The zero-order valence-electron chi connectivity index (χ0n) is 10.6. The predicted octanol–water partition coefficient (Wildman–Crippen LogP) is 3.39. The van der Waals surface area contributed by atoms with Gasteiger partial charge in [-0.05, 0) is 32.4 Å². The summed E-state index contributed by atoms with van der Waals surface area (Å²) in [5.41, 5.74) is 2.83. The molecule has 0 aliphatic rings. The Hall–Kier alpha value is -0.930. The molecule has 2 unspecified atom stereocenters. The van der Waals surface area contributed by atoms with Crippen LogP contribution in [0.5, 0.6) is 0 Å². The molecule has 0 fully saturated rings. The van der Waals surface area contributed by atoms with Crippen molar-refractivity contribution in [2.45, 2.75) is 32.0 Å². The van der Waals surface area contributed by atoms with Gasteiger partial charge in [0, 0.05) is 5.57 Å². The van der Waals surface area contributed by atoms with E-state index in [4.69, 9.17) is 5.73 Å². The maximum Gasteiger partial charge on any atom is 0.283 e. The molecule has 2 N–H and O–H groups in total. The standard InChI is InChI=1S/C12H19F2N2OP/c1-3-9(11(16-17)7-8-15)5-6-10(4-2)12(13,14)18/h3-6,11H,7-8,15,18H2,1-2H3/b6-5-,9-3+,10-4+. The molecule has 0 amide bonds. The number of nitroso groups, excluding NO2 is 1. The summed E-state index contributed by atoms with van der Waals surface area (Å²) in [5.74, 6) is 0. The number of hydrogen-bond acceptors (Lipinski definition) is 3. The summed E-state index contributed by atoms with van der Waals surface area (Å²) in [7, 11) is 1.48. The molecule has 0 aliphatic carbocycles. The maximum atomic E-state index is 13.1. The van der Waals surface area contributed by atoms with Crippen molar-refractivity contribution < 1.29 is 8.78 Å². The topological polar surface area (TPSA) is 55.4 Å². The predicted molar refractivity (Wildman–Crippen MR) is 74.6 cm³/mol. The molecule has 0 heterocycles. The molecule has 0 saturated carbocycles. The van der Waals surface area contributed by atoms with Gasteiger partial charge in [0.2, 0.25) is 0 Å². The molecule has 0 aliphatic heterocycles. The molecule has 0 radical (unpaired) electrons. The fourth-order valence-electron chi connectivity index (χ4n) is 1.42. The van der Waals surface area contributed by atoms with E-state index in [1.54, 1.807) is 13.0 Å². The van der Waals surface area contributed by atoms with Gasteiger partial charge in [-0.25, -0.2) is 0 Å².